The molecular weight excluding hydrogens is 240 g/mol. The van der Waals surface area contributed by atoms with Gasteiger partial charge >= 0.3 is 0 Å². The Morgan fingerprint density at radius 3 is 2.16 bits per heavy atom. The Morgan fingerprint density at radius 1 is 1.21 bits per heavy atom. The lowest BCUT2D eigenvalue weighted by atomic mass is 9.89. The van der Waals surface area contributed by atoms with Crippen LogP contribution in [-0.4, -0.2) is 34.3 Å². The number of nitrogens with zero attached hydrogens (tertiary/aromatic N) is 1. The summed E-state index contributed by atoms with van der Waals surface area (Å²) < 4.78 is 0. The molecule has 1 atom stereocenters. The van der Waals surface area contributed by atoms with E-state index in [4.69, 9.17) is 0 Å². The SMILES string of the molecule is CCC(CC)N1C(=O)C(CC(C)C)NC(=O)C1(C)C. The minimum Gasteiger partial charge on any atom is -0.342 e. The molecule has 0 aromatic rings. The molecule has 0 spiro atoms. The summed E-state index contributed by atoms with van der Waals surface area (Å²) in [7, 11) is 0. The van der Waals surface area contributed by atoms with Gasteiger partial charge in [0.15, 0.2) is 0 Å². The highest BCUT2D eigenvalue weighted by molar-refractivity contribution is 5.99. The van der Waals surface area contributed by atoms with Crippen LogP contribution in [0.4, 0.5) is 0 Å². The highest BCUT2D eigenvalue weighted by Gasteiger charge is 2.48. The summed E-state index contributed by atoms with van der Waals surface area (Å²) in [4.78, 5) is 26.8. The van der Waals surface area contributed by atoms with Crippen molar-refractivity contribution < 1.29 is 9.59 Å². The molecule has 4 heteroatoms. The van der Waals surface area contributed by atoms with Crippen LogP contribution in [0.5, 0.6) is 0 Å². The quantitative estimate of drug-likeness (QED) is 0.832. The lowest BCUT2D eigenvalue weighted by Gasteiger charge is -2.48. The van der Waals surface area contributed by atoms with Gasteiger partial charge in [-0.2, -0.15) is 0 Å². The number of piperazine rings is 1. The van der Waals surface area contributed by atoms with Crippen LogP contribution < -0.4 is 5.32 Å². The van der Waals surface area contributed by atoms with Gasteiger partial charge in [0, 0.05) is 6.04 Å². The van der Waals surface area contributed by atoms with E-state index in [1.807, 2.05) is 18.7 Å². The van der Waals surface area contributed by atoms with Crippen molar-refractivity contribution in [1.29, 1.82) is 0 Å². The number of hydrogen-bond donors (Lipinski definition) is 1. The first kappa shape index (κ1) is 16.0. The zero-order chi connectivity index (χ0) is 14.8. The van der Waals surface area contributed by atoms with E-state index in [1.165, 1.54) is 0 Å². The van der Waals surface area contributed by atoms with Crippen LogP contribution in [0.2, 0.25) is 0 Å². The average Bonchev–Trinajstić information content (AvgIpc) is 2.31. The van der Waals surface area contributed by atoms with Crippen LogP contribution >= 0.6 is 0 Å². The molecule has 0 radical (unpaired) electrons. The minimum absolute atomic E-state index is 0.0374. The Balaban J connectivity index is 3.06. The van der Waals surface area contributed by atoms with E-state index in [1.54, 1.807) is 0 Å². The highest BCUT2D eigenvalue weighted by Crippen LogP contribution is 2.28. The van der Waals surface area contributed by atoms with Crippen molar-refractivity contribution in [1.82, 2.24) is 10.2 Å². The molecule has 1 N–H and O–H groups in total. The fourth-order valence-electron chi connectivity index (χ4n) is 2.87. The van der Waals surface area contributed by atoms with Crippen molar-refractivity contribution in [2.24, 2.45) is 5.92 Å². The second-order valence-electron chi connectivity index (χ2n) is 6.39. The molecule has 1 heterocycles. The fourth-order valence-corrected chi connectivity index (χ4v) is 2.87. The first-order valence-electron chi connectivity index (χ1n) is 7.39. The van der Waals surface area contributed by atoms with Crippen LogP contribution in [0.25, 0.3) is 0 Å². The molecule has 4 nitrogen and oxygen atoms in total. The predicted octanol–water partition coefficient (Wildman–Crippen LogP) is 2.33. The lowest BCUT2D eigenvalue weighted by molar-refractivity contribution is -0.159. The normalized spacial score (nSPS) is 23.2. The van der Waals surface area contributed by atoms with Gasteiger partial charge in [0.1, 0.15) is 11.6 Å². The van der Waals surface area contributed by atoms with Crippen molar-refractivity contribution in [2.45, 2.75) is 78.4 Å². The zero-order valence-corrected chi connectivity index (χ0v) is 13.1. The maximum absolute atomic E-state index is 12.7. The largest absolute Gasteiger partial charge is 0.342 e. The molecule has 0 aromatic heterocycles. The van der Waals surface area contributed by atoms with Crippen LogP contribution in [0.3, 0.4) is 0 Å². The maximum Gasteiger partial charge on any atom is 0.246 e. The standard InChI is InChI=1S/C15H28N2O2/c1-7-11(8-2)17-13(18)12(9-10(3)4)16-14(19)15(17,5)6/h10-12H,7-9H2,1-6H3,(H,16,19). The van der Waals surface area contributed by atoms with Crippen molar-refractivity contribution in [2.75, 3.05) is 0 Å². The van der Waals surface area contributed by atoms with Gasteiger partial charge in [0.25, 0.3) is 0 Å². The molecule has 1 unspecified atom stereocenters. The van der Waals surface area contributed by atoms with Gasteiger partial charge in [-0.3, -0.25) is 9.59 Å². The Bertz CT molecular complexity index is 346. The van der Waals surface area contributed by atoms with Crippen molar-refractivity contribution in [3.8, 4) is 0 Å². The molecule has 1 aliphatic rings. The van der Waals surface area contributed by atoms with Crippen molar-refractivity contribution >= 4 is 11.8 Å². The Hall–Kier alpha value is -1.06. The van der Waals surface area contributed by atoms with Gasteiger partial charge in [0.2, 0.25) is 11.8 Å². The molecule has 2 amide bonds. The maximum atomic E-state index is 12.7. The molecule has 0 bridgehead atoms. The summed E-state index contributed by atoms with van der Waals surface area (Å²) >= 11 is 0. The van der Waals surface area contributed by atoms with E-state index in [0.717, 1.165) is 12.8 Å². The van der Waals surface area contributed by atoms with E-state index >= 15 is 0 Å². The molecular formula is C15H28N2O2. The smallest absolute Gasteiger partial charge is 0.246 e. The Morgan fingerprint density at radius 2 is 1.74 bits per heavy atom. The Labute approximate surface area is 116 Å². The number of carbonyl (C=O) groups is 2. The Kier molecular flexibility index (Phi) is 4.99. The minimum atomic E-state index is -0.749. The summed E-state index contributed by atoms with van der Waals surface area (Å²) in [5.41, 5.74) is -0.749. The van der Waals surface area contributed by atoms with E-state index in [-0.39, 0.29) is 23.9 Å². The van der Waals surface area contributed by atoms with Gasteiger partial charge in [-0.25, -0.2) is 0 Å². The van der Waals surface area contributed by atoms with Gasteiger partial charge in [-0.1, -0.05) is 27.7 Å². The second-order valence-corrected chi connectivity index (χ2v) is 6.39. The van der Waals surface area contributed by atoms with Gasteiger partial charge < -0.3 is 10.2 Å². The summed E-state index contributed by atoms with van der Waals surface area (Å²) in [6.45, 7) is 12.0. The van der Waals surface area contributed by atoms with E-state index in [0.29, 0.717) is 12.3 Å². The molecule has 0 aromatic carbocycles. The first-order chi connectivity index (χ1) is 8.75. The van der Waals surface area contributed by atoms with Crippen LogP contribution in [0, 0.1) is 5.92 Å². The van der Waals surface area contributed by atoms with Crippen LogP contribution in [0.1, 0.15) is 60.8 Å². The van der Waals surface area contributed by atoms with E-state index < -0.39 is 5.54 Å². The molecule has 1 rings (SSSR count). The number of amides is 2. The number of nitrogens with one attached hydrogen (secondary N) is 1. The highest BCUT2D eigenvalue weighted by atomic mass is 16.2. The predicted molar refractivity (Wildman–Crippen MR) is 76.7 cm³/mol. The molecule has 1 aliphatic heterocycles. The number of rotatable bonds is 5. The average molecular weight is 268 g/mol. The lowest BCUT2D eigenvalue weighted by Crippen LogP contribution is -2.70. The number of carbonyl (C=O) groups excluding carboxylic acids is 2. The summed E-state index contributed by atoms with van der Waals surface area (Å²) in [6.07, 6.45) is 2.47. The van der Waals surface area contributed by atoms with Crippen LogP contribution in [-0.2, 0) is 9.59 Å². The third-order valence-corrected chi connectivity index (χ3v) is 4.01. The summed E-state index contributed by atoms with van der Waals surface area (Å²) in [5.74, 6) is 0.427. The van der Waals surface area contributed by atoms with Crippen molar-refractivity contribution in [3.63, 3.8) is 0 Å². The van der Waals surface area contributed by atoms with Crippen molar-refractivity contribution in [3.05, 3.63) is 0 Å². The van der Waals surface area contributed by atoms with Crippen LogP contribution in [0.15, 0.2) is 0 Å². The topological polar surface area (TPSA) is 49.4 Å². The molecule has 0 saturated carbocycles. The molecule has 1 saturated heterocycles. The third-order valence-electron chi connectivity index (χ3n) is 4.01. The molecule has 19 heavy (non-hydrogen) atoms. The van der Waals surface area contributed by atoms with E-state index in [2.05, 4.69) is 33.0 Å². The van der Waals surface area contributed by atoms with E-state index in [9.17, 15) is 9.59 Å². The zero-order valence-electron chi connectivity index (χ0n) is 13.1. The van der Waals surface area contributed by atoms with Gasteiger partial charge in [-0.15, -0.1) is 0 Å². The second kappa shape index (κ2) is 5.93. The van der Waals surface area contributed by atoms with Gasteiger partial charge in [-0.05, 0) is 39.0 Å². The summed E-state index contributed by atoms with van der Waals surface area (Å²) in [5, 5.41) is 2.89. The molecule has 0 aliphatic carbocycles. The fraction of sp³-hybridized carbons (Fsp3) is 0.867. The van der Waals surface area contributed by atoms with Gasteiger partial charge in [0.05, 0.1) is 0 Å². The number of hydrogen-bond acceptors (Lipinski definition) is 2. The third kappa shape index (κ3) is 3.10. The molecule has 110 valence electrons. The summed E-state index contributed by atoms with van der Waals surface area (Å²) in [6, 6.07) is -0.218. The monoisotopic (exact) mass is 268 g/mol. The first-order valence-corrected chi connectivity index (χ1v) is 7.39. The molecule has 1 fully saturated rings.